The van der Waals surface area contributed by atoms with Crippen molar-refractivity contribution in [2.24, 2.45) is 10.9 Å². The second kappa shape index (κ2) is 12.3. The van der Waals surface area contributed by atoms with E-state index in [4.69, 9.17) is 14.5 Å². The topological polar surface area (TPSA) is 54.9 Å². The molecule has 1 aliphatic rings. The van der Waals surface area contributed by atoms with Crippen molar-refractivity contribution in [1.82, 2.24) is 10.6 Å². The van der Waals surface area contributed by atoms with E-state index < -0.39 is 0 Å². The third-order valence-corrected chi connectivity index (χ3v) is 5.45. The van der Waals surface area contributed by atoms with E-state index in [2.05, 4.69) is 42.0 Å². The largest absolute Gasteiger partial charge is 0.381 e. The van der Waals surface area contributed by atoms with Gasteiger partial charge >= 0.3 is 0 Å². The average molecular weight is 368 g/mol. The summed E-state index contributed by atoms with van der Waals surface area (Å²) in [5, 5.41) is 8.84. The minimum atomic E-state index is 0.457. The molecule has 1 aromatic rings. The molecule has 1 aromatic heterocycles. The van der Waals surface area contributed by atoms with Crippen LogP contribution in [-0.2, 0) is 9.47 Å². The van der Waals surface area contributed by atoms with Crippen molar-refractivity contribution < 1.29 is 9.47 Å². The van der Waals surface area contributed by atoms with E-state index >= 15 is 0 Å². The maximum Gasteiger partial charge on any atom is 0.191 e. The van der Waals surface area contributed by atoms with E-state index in [0.29, 0.717) is 11.8 Å². The number of nitrogens with zero attached hydrogens (tertiary/aromatic N) is 1. The van der Waals surface area contributed by atoms with Crippen molar-refractivity contribution in [1.29, 1.82) is 0 Å². The lowest BCUT2D eigenvalue weighted by Crippen LogP contribution is -2.38. The van der Waals surface area contributed by atoms with Crippen molar-refractivity contribution in [3.05, 3.63) is 22.4 Å². The summed E-state index contributed by atoms with van der Waals surface area (Å²) in [7, 11) is 0. The summed E-state index contributed by atoms with van der Waals surface area (Å²) in [5.74, 6) is 2.04. The third-order valence-electron chi connectivity index (χ3n) is 4.35. The van der Waals surface area contributed by atoms with Gasteiger partial charge in [0.1, 0.15) is 0 Å². The van der Waals surface area contributed by atoms with Crippen LogP contribution in [0.5, 0.6) is 0 Å². The highest BCUT2D eigenvalue weighted by Crippen LogP contribution is 2.20. The molecule has 0 amide bonds. The normalized spacial score (nSPS) is 17.4. The summed E-state index contributed by atoms with van der Waals surface area (Å²) < 4.78 is 11.2. The maximum atomic E-state index is 5.81. The molecule has 0 aromatic carbocycles. The number of thiophene rings is 1. The molecule has 1 saturated heterocycles. The van der Waals surface area contributed by atoms with Gasteiger partial charge in [-0.25, -0.2) is 0 Å². The fourth-order valence-corrected chi connectivity index (χ4v) is 3.55. The predicted octanol–water partition coefficient (Wildman–Crippen LogP) is 3.24. The van der Waals surface area contributed by atoms with Crippen molar-refractivity contribution in [2.75, 3.05) is 46.1 Å². The Hall–Kier alpha value is -1.11. The Morgan fingerprint density at radius 1 is 1.40 bits per heavy atom. The van der Waals surface area contributed by atoms with Crippen LogP contribution in [0.3, 0.4) is 0 Å². The van der Waals surface area contributed by atoms with Crippen molar-refractivity contribution in [3.8, 4) is 0 Å². The molecule has 25 heavy (non-hydrogen) atoms. The number of hydrogen-bond acceptors (Lipinski definition) is 4. The molecular weight excluding hydrogens is 334 g/mol. The maximum absolute atomic E-state index is 5.81. The zero-order valence-electron chi connectivity index (χ0n) is 15.6. The molecule has 0 saturated carbocycles. The number of rotatable bonds is 10. The van der Waals surface area contributed by atoms with E-state index in [0.717, 1.165) is 71.3 Å². The summed E-state index contributed by atoms with van der Waals surface area (Å²) >= 11 is 1.80. The molecule has 0 radical (unpaired) electrons. The minimum Gasteiger partial charge on any atom is -0.381 e. The Morgan fingerprint density at radius 2 is 2.24 bits per heavy atom. The molecule has 2 N–H and O–H groups in total. The van der Waals surface area contributed by atoms with Crippen LogP contribution < -0.4 is 10.6 Å². The molecule has 0 bridgehead atoms. The lowest BCUT2D eigenvalue weighted by Gasteiger charge is -2.21. The van der Waals surface area contributed by atoms with Crippen LogP contribution in [0.1, 0.15) is 43.9 Å². The Bertz CT molecular complexity index is 473. The van der Waals surface area contributed by atoms with Crippen LogP contribution in [0, 0.1) is 5.92 Å². The average Bonchev–Trinajstić information content (AvgIpc) is 3.18. The molecule has 2 heterocycles. The van der Waals surface area contributed by atoms with Gasteiger partial charge in [-0.2, -0.15) is 0 Å². The van der Waals surface area contributed by atoms with Gasteiger partial charge in [0.05, 0.1) is 6.54 Å². The number of aliphatic imine (C=N–C) groups is 1. The molecule has 1 aliphatic heterocycles. The van der Waals surface area contributed by atoms with Crippen molar-refractivity contribution >= 4 is 17.3 Å². The monoisotopic (exact) mass is 367 g/mol. The first kappa shape index (κ1) is 20.2. The first-order valence-corrected chi connectivity index (χ1v) is 10.4. The third kappa shape index (κ3) is 8.21. The highest BCUT2D eigenvalue weighted by molar-refractivity contribution is 7.10. The van der Waals surface area contributed by atoms with Crippen LogP contribution in [-0.4, -0.2) is 52.0 Å². The van der Waals surface area contributed by atoms with Gasteiger partial charge < -0.3 is 20.1 Å². The standard InChI is InChI=1S/C19H33N3O2S/c1-3-20-19(22-14-16(2)18-6-4-13-25-18)21-9-5-10-24-15-17-7-11-23-12-8-17/h4,6,13,16-17H,3,5,7-12,14-15H2,1-2H3,(H2,20,21,22). The smallest absolute Gasteiger partial charge is 0.191 e. The van der Waals surface area contributed by atoms with Gasteiger partial charge in [0.2, 0.25) is 0 Å². The second-order valence-electron chi connectivity index (χ2n) is 6.55. The Balaban J connectivity index is 1.59. The van der Waals surface area contributed by atoms with Gasteiger partial charge in [-0.15, -0.1) is 11.3 Å². The highest BCUT2D eigenvalue weighted by atomic mass is 32.1. The number of hydrogen-bond donors (Lipinski definition) is 2. The zero-order valence-corrected chi connectivity index (χ0v) is 16.4. The number of guanidine groups is 1. The molecule has 1 atom stereocenters. The van der Waals surface area contributed by atoms with Gasteiger partial charge in [0, 0.05) is 50.3 Å². The quantitative estimate of drug-likeness (QED) is 0.379. The van der Waals surface area contributed by atoms with E-state index in [1.54, 1.807) is 11.3 Å². The fraction of sp³-hybridized carbons (Fsp3) is 0.737. The first-order valence-electron chi connectivity index (χ1n) is 9.50. The van der Waals surface area contributed by atoms with Gasteiger partial charge in [-0.1, -0.05) is 13.0 Å². The van der Waals surface area contributed by atoms with Crippen LogP contribution in [0.25, 0.3) is 0 Å². The molecule has 0 aliphatic carbocycles. The van der Waals surface area contributed by atoms with Crippen LogP contribution >= 0.6 is 11.3 Å². The first-order chi connectivity index (χ1) is 12.3. The van der Waals surface area contributed by atoms with Crippen molar-refractivity contribution in [3.63, 3.8) is 0 Å². The number of nitrogens with one attached hydrogen (secondary N) is 2. The lowest BCUT2D eigenvalue weighted by atomic mass is 10.0. The Morgan fingerprint density at radius 3 is 2.96 bits per heavy atom. The molecule has 5 nitrogen and oxygen atoms in total. The molecule has 1 fully saturated rings. The molecule has 2 rings (SSSR count). The van der Waals surface area contributed by atoms with E-state index in [1.807, 2.05) is 0 Å². The van der Waals surface area contributed by atoms with Gasteiger partial charge in [-0.3, -0.25) is 4.99 Å². The van der Waals surface area contributed by atoms with Gasteiger partial charge in [-0.05, 0) is 43.6 Å². The summed E-state index contributed by atoms with van der Waals surface area (Å²) in [5.41, 5.74) is 0. The fourth-order valence-electron chi connectivity index (χ4n) is 2.78. The SMILES string of the molecule is CCNC(=NCC(C)c1cccs1)NCCCOCC1CCOCC1. The van der Waals surface area contributed by atoms with Gasteiger partial charge in [0.25, 0.3) is 0 Å². The van der Waals surface area contributed by atoms with Crippen LogP contribution in [0.15, 0.2) is 22.5 Å². The Kier molecular flexibility index (Phi) is 9.92. The van der Waals surface area contributed by atoms with E-state index in [9.17, 15) is 0 Å². The molecule has 0 spiro atoms. The predicted molar refractivity (Wildman–Crippen MR) is 106 cm³/mol. The highest BCUT2D eigenvalue weighted by Gasteiger charge is 2.13. The summed E-state index contributed by atoms with van der Waals surface area (Å²) in [6, 6.07) is 4.28. The van der Waals surface area contributed by atoms with Crippen molar-refractivity contribution in [2.45, 2.75) is 39.0 Å². The van der Waals surface area contributed by atoms with E-state index in [-0.39, 0.29) is 0 Å². The molecular formula is C19H33N3O2S. The summed E-state index contributed by atoms with van der Waals surface area (Å²) in [6.07, 6.45) is 3.27. The molecule has 1 unspecified atom stereocenters. The molecule has 6 heteroatoms. The second-order valence-corrected chi connectivity index (χ2v) is 7.53. The Labute approximate surface area is 156 Å². The minimum absolute atomic E-state index is 0.457. The number of ether oxygens (including phenoxy) is 2. The van der Waals surface area contributed by atoms with Gasteiger partial charge in [0.15, 0.2) is 5.96 Å². The van der Waals surface area contributed by atoms with Crippen LogP contribution in [0.4, 0.5) is 0 Å². The van der Waals surface area contributed by atoms with E-state index in [1.165, 1.54) is 4.88 Å². The van der Waals surface area contributed by atoms with Crippen LogP contribution in [0.2, 0.25) is 0 Å². The lowest BCUT2D eigenvalue weighted by molar-refractivity contribution is 0.0203. The zero-order chi connectivity index (χ0) is 17.7. The summed E-state index contributed by atoms with van der Waals surface area (Å²) in [4.78, 5) is 6.10. The summed E-state index contributed by atoms with van der Waals surface area (Å²) in [6.45, 7) is 10.3. The molecule has 142 valence electrons.